The Bertz CT molecular complexity index is 1030. The lowest BCUT2D eigenvalue weighted by molar-refractivity contribution is -0.119. The van der Waals surface area contributed by atoms with Crippen LogP contribution in [0.2, 0.25) is 0 Å². The minimum absolute atomic E-state index is 0.152. The zero-order valence-corrected chi connectivity index (χ0v) is 20.0. The summed E-state index contributed by atoms with van der Waals surface area (Å²) >= 11 is 0. The van der Waals surface area contributed by atoms with Crippen molar-refractivity contribution in [3.05, 3.63) is 59.7 Å². The molecule has 0 spiro atoms. The molecule has 2 aromatic carbocycles. The van der Waals surface area contributed by atoms with Crippen LogP contribution in [0.3, 0.4) is 0 Å². The van der Waals surface area contributed by atoms with E-state index in [-0.39, 0.29) is 11.4 Å². The summed E-state index contributed by atoms with van der Waals surface area (Å²) in [6, 6.07) is 14.0. The Hall–Kier alpha value is -2.67. The molecule has 0 aliphatic heterocycles. The fraction of sp³-hybridized carbons (Fsp3) is 0.440. The summed E-state index contributed by atoms with van der Waals surface area (Å²) in [4.78, 5) is 12.9. The van der Waals surface area contributed by atoms with Crippen LogP contribution in [0.25, 0.3) is 0 Å². The lowest BCUT2D eigenvalue weighted by atomic mass is 10.0. The number of anilines is 1. The average Bonchev–Trinajstić information content (AvgIpc) is 3.05. The van der Waals surface area contributed by atoms with Gasteiger partial charge in [0.15, 0.2) is 0 Å². The Kier molecular flexibility index (Phi) is 8.07. The largest absolute Gasteiger partial charge is 0.271 e. The van der Waals surface area contributed by atoms with E-state index in [9.17, 15) is 13.2 Å². The fourth-order valence-corrected chi connectivity index (χ4v) is 5.15. The first-order chi connectivity index (χ1) is 15.3. The van der Waals surface area contributed by atoms with E-state index in [0.29, 0.717) is 11.6 Å². The minimum Gasteiger partial charge on any atom is -0.271 e. The number of hydrazone groups is 1. The summed E-state index contributed by atoms with van der Waals surface area (Å²) in [7, 11) is -3.92. The van der Waals surface area contributed by atoms with Gasteiger partial charge in [-0.1, -0.05) is 56.5 Å². The number of carbonyl (C=O) groups is 1. The quantitative estimate of drug-likeness (QED) is 0.464. The van der Waals surface area contributed by atoms with Crippen molar-refractivity contribution in [1.82, 2.24) is 5.43 Å². The number of amides is 1. The van der Waals surface area contributed by atoms with Gasteiger partial charge in [-0.15, -0.1) is 0 Å². The first-order valence-electron chi connectivity index (χ1n) is 11.3. The molecule has 6 nitrogen and oxygen atoms in total. The molecule has 0 atom stereocenters. The summed E-state index contributed by atoms with van der Waals surface area (Å²) in [6.45, 7) is 5.72. The molecule has 0 unspecified atom stereocenters. The summed E-state index contributed by atoms with van der Waals surface area (Å²) < 4.78 is 28.1. The molecular weight excluding hydrogens is 422 g/mol. The molecule has 0 radical (unpaired) electrons. The summed E-state index contributed by atoms with van der Waals surface area (Å²) in [5, 5.41) is 4.29. The maximum Gasteiger partial charge on any atom is 0.264 e. The van der Waals surface area contributed by atoms with Gasteiger partial charge in [0.05, 0.1) is 10.6 Å². The highest BCUT2D eigenvalue weighted by atomic mass is 32.2. The van der Waals surface area contributed by atoms with Crippen molar-refractivity contribution in [3.8, 4) is 0 Å². The molecule has 32 heavy (non-hydrogen) atoms. The number of nitrogens with zero attached hydrogens (tertiary/aromatic N) is 2. The van der Waals surface area contributed by atoms with Gasteiger partial charge in [0.1, 0.15) is 6.54 Å². The van der Waals surface area contributed by atoms with Crippen LogP contribution in [-0.2, 0) is 14.8 Å². The number of rotatable bonds is 7. The first-order valence-corrected chi connectivity index (χ1v) is 12.7. The standard InChI is InChI=1S/C25H33N3O3S/c1-19(2)21-12-14-23(15-13-21)28(32(30,31)24-16-10-20(3)11-17-24)18-25(29)27-26-22-8-6-4-5-7-9-22/h10-17,19H,4-9,18H2,1-3H3,(H,27,29). The molecule has 0 heterocycles. The van der Waals surface area contributed by atoms with E-state index in [1.165, 1.54) is 12.8 Å². The highest BCUT2D eigenvalue weighted by Gasteiger charge is 2.27. The third-order valence-electron chi connectivity index (χ3n) is 5.76. The molecule has 1 N–H and O–H groups in total. The average molecular weight is 456 g/mol. The lowest BCUT2D eigenvalue weighted by Crippen LogP contribution is -2.39. The second kappa shape index (κ2) is 10.8. The number of sulfonamides is 1. The third kappa shape index (κ3) is 6.19. The van der Waals surface area contributed by atoms with E-state index in [0.717, 1.165) is 46.8 Å². The number of nitrogens with one attached hydrogen (secondary N) is 1. The topological polar surface area (TPSA) is 78.8 Å². The highest BCUT2D eigenvalue weighted by molar-refractivity contribution is 7.92. The molecule has 7 heteroatoms. The molecule has 1 saturated carbocycles. The van der Waals surface area contributed by atoms with Crippen LogP contribution in [0.5, 0.6) is 0 Å². The van der Waals surface area contributed by atoms with Crippen molar-refractivity contribution < 1.29 is 13.2 Å². The van der Waals surface area contributed by atoms with Crippen molar-refractivity contribution in [2.45, 2.75) is 70.1 Å². The zero-order valence-electron chi connectivity index (χ0n) is 19.2. The second-order valence-electron chi connectivity index (χ2n) is 8.70. The van der Waals surface area contributed by atoms with Crippen molar-refractivity contribution in [2.75, 3.05) is 10.8 Å². The number of hydrogen-bond acceptors (Lipinski definition) is 4. The normalized spacial score (nSPS) is 14.7. The molecule has 1 amide bonds. The summed E-state index contributed by atoms with van der Waals surface area (Å²) in [6.07, 6.45) is 6.27. The van der Waals surface area contributed by atoms with Crippen molar-refractivity contribution in [3.63, 3.8) is 0 Å². The molecule has 2 aromatic rings. The van der Waals surface area contributed by atoms with Crippen molar-refractivity contribution >= 4 is 27.3 Å². The molecule has 1 aliphatic rings. The lowest BCUT2D eigenvalue weighted by Gasteiger charge is -2.24. The Morgan fingerprint density at radius 3 is 2.12 bits per heavy atom. The minimum atomic E-state index is -3.92. The number of hydrogen-bond donors (Lipinski definition) is 1. The van der Waals surface area contributed by atoms with Crippen LogP contribution in [-0.4, -0.2) is 26.6 Å². The molecule has 0 aromatic heterocycles. The summed E-state index contributed by atoms with van der Waals surface area (Å²) in [5.41, 5.74) is 6.08. The van der Waals surface area contributed by atoms with Gasteiger partial charge in [-0.2, -0.15) is 5.10 Å². The second-order valence-corrected chi connectivity index (χ2v) is 10.6. The van der Waals surface area contributed by atoms with Gasteiger partial charge in [0.2, 0.25) is 0 Å². The highest BCUT2D eigenvalue weighted by Crippen LogP contribution is 2.26. The fourth-order valence-electron chi connectivity index (χ4n) is 3.73. The van der Waals surface area contributed by atoms with Gasteiger partial charge in [-0.05, 0) is 68.4 Å². The third-order valence-corrected chi connectivity index (χ3v) is 7.55. The van der Waals surface area contributed by atoms with E-state index in [1.807, 2.05) is 19.1 Å². The van der Waals surface area contributed by atoms with Gasteiger partial charge >= 0.3 is 0 Å². The Morgan fingerprint density at radius 2 is 1.56 bits per heavy atom. The van der Waals surface area contributed by atoms with Crippen LogP contribution in [0.1, 0.15) is 69.4 Å². The monoisotopic (exact) mass is 455 g/mol. The number of benzene rings is 2. The maximum atomic E-state index is 13.5. The van der Waals surface area contributed by atoms with Gasteiger partial charge in [0, 0.05) is 5.71 Å². The molecule has 1 aliphatic carbocycles. The van der Waals surface area contributed by atoms with Crippen LogP contribution < -0.4 is 9.73 Å². The van der Waals surface area contributed by atoms with E-state index in [4.69, 9.17) is 0 Å². The van der Waals surface area contributed by atoms with E-state index in [1.54, 1.807) is 36.4 Å². The van der Waals surface area contributed by atoms with E-state index >= 15 is 0 Å². The Morgan fingerprint density at radius 1 is 0.969 bits per heavy atom. The van der Waals surface area contributed by atoms with Crippen LogP contribution in [0.15, 0.2) is 58.5 Å². The van der Waals surface area contributed by atoms with Gasteiger partial charge in [0.25, 0.3) is 15.9 Å². The zero-order chi connectivity index (χ0) is 23.1. The SMILES string of the molecule is Cc1ccc(S(=O)(=O)N(CC(=O)NN=C2CCCCCC2)c2ccc(C(C)C)cc2)cc1. The van der Waals surface area contributed by atoms with Crippen molar-refractivity contribution in [1.29, 1.82) is 0 Å². The molecular formula is C25H33N3O3S. The van der Waals surface area contributed by atoms with Crippen LogP contribution in [0, 0.1) is 6.92 Å². The van der Waals surface area contributed by atoms with Gasteiger partial charge < -0.3 is 0 Å². The molecule has 1 fully saturated rings. The number of aryl methyl sites for hydroxylation is 1. The first kappa shape index (κ1) is 24.0. The predicted molar refractivity (Wildman–Crippen MR) is 130 cm³/mol. The Balaban J connectivity index is 1.86. The maximum absolute atomic E-state index is 13.5. The van der Waals surface area contributed by atoms with Crippen molar-refractivity contribution in [2.24, 2.45) is 5.10 Å². The molecule has 0 bridgehead atoms. The molecule has 172 valence electrons. The Labute approximate surface area is 191 Å². The molecule has 3 rings (SSSR count). The van der Waals surface area contributed by atoms with Gasteiger partial charge in [-0.25, -0.2) is 13.8 Å². The molecule has 0 saturated heterocycles. The van der Waals surface area contributed by atoms with E-state index < -0.39 is 15.9 Å². The van der Waals surface area contributed by atoms with E-state index in [2.05, 4.69) is 24.4 Å². The summed E-state index contributed by atoms with van der Waals surface area (Å²) in [5.74, 6) is -0.129. The van der Waals surface area contributed by atoms with Crippen LogP contribution >= 0.6 is 0 Å². The van der Waals surface area contributed by atoms with Gasteiger partial charge in [-0.3, -0.25) is 9.10 Å². The smallest absolute Gasteiger partial charge is 0.264 e. The van der Waals surface area contributed by atoms with Crippen LogP contribution in [0.4, 0.5) is 5.69 Å². The number of carbonyl (C=O) groups excluding carboxylic acids is 1. The predicted octanol–water partition coefficient (Wildman–Crippen LogP) is 5.14.